The highest BCUT2D eigenvalue weighted by atomic mass is 79.9. The Balaban J connectivity index is 2.21. The second-order valence-electron chi connectivity index (χ2n) is 4.30. The molecule has 0 saturated heterocycles. The second-order valence-corrected chi connectivity index (χ2v) is 5.21. The van der Waals surface area contributed by atoms with Gasteiger partial charge in [-0.25, -0.2) is 4.99 Å². The van der Waals surface area contributed by atoms with Crippen molar-refractivity contribution in [3.05, 3.63) is 64.1 Å². The number of hydrogen-bond acceptors (Lipinski definition) is 3. The zero-order valence-corrected chi connectivity index (χ0v) is 11.8. The van der Waals surface area contributed by atoms with Gasteiger partial charge in [0, 0.05) is 15.6 Å². The molecule has 0 fully saturated rings. The SMILES string of the molecule is NC1=Nc2ccc(Br)cc2C(c2ccccc2)=NC1. The summed E-state index contributed by atoms with van der Waals surface area (Å²) in [6, 6.07) is 16.0. The first kappa shape index (κ1) is 12.1. The minimum Gasteiger partial charge on any atom is -0.386 e. The Morgan fingerprint density at radius 2 is 1.84 bits per heavy atom. The summed E-state index contributed by atoms with van der Waals surface area (Å²) in [6.07, 6.45) is 0. The van der Waals surface area contributed by atoms with Gasteiger partial charge in [-0.05, 0) is 18.2 Å². The molecule has 0 spiro atoms. The van der Waals surface area contributed by atoms with Gasteiger partial charge in [0.25, 0.3) is 0 Å². The summed E-state index contributed by atoms with van der Waals surface area (Å²) in [4.78, 5) is 9.01. The predicted octanol–water partition coefficient (Wildman–Crippen LogP) is 3.29. The Labute approximate surface area is 120 Å². The summed E-state index contributed by atoms with van der Waals surface area (Å²) < 4.78 is 1.01. The maximum Gasteiger partial charge on any atom is 0.121 e. The average molecular weight is 314 g/mol. The molecule has 0 bridgehead atoms. The molecule has 0 atom stereocenters. The van der Waals surface area contributed by atoms with Gasteiger partial charge in [0.15, 0.2) is 0 Å². The zero-order chi connectivity index (χ0) is 13.2. The van der Waals surface area contributed by atoms with Crippen molar-refractivity contribution in [1.29, 1.82) is 0 Å². The summed E-state index contributed by atoms with van der Waals surface area (Å²) in [5, 5.41) is 0. The monoisotopic (exact) mass is 313 g/mol. The standard InChI is InChI=1S/C15H12BrN3/c16-11-6-7-13-12(8-11)15(18-9-14(17)19-13)10-4-2-1-3-5-10/h1-8H,9H2,(H2,17,19). The Morgan fingerprint density at radius 1 is 1.05 bits per heavy atom. The normalized spacial score (nSPS) is 14.2. The lowest BCUT2D eigenvalue weighted by Crippen LogP contribution is -2.14. The highest BCUT2D eigenvalue weighted by molar-refractivity contribution is 9.10. The topological polar surface area (TPSA) is 50.7 Å². The van der Waals surface area contributed by atoms with Gasteiger partial charge >= 0.3 is 0 Å². The van der Waals surface area contributed by atoms with Crippen molar-refractivity contribution in [2.45, 2.75) is 0 Å². The number of nitrogens with zero attached hydrogens (tertiary/aromatic N) is 2. The first-order chi connectivity index (χ1) is 9.24. The highest BCUT2D eigenvalue weighted by Crippen LogP contribution is 2.28. The van der Waals surface area contributed by atoms with Gasteiger partial charge in [0.05, 0.1) is 17.9 Å². The van der Waals surface area contributed by atoms with Crippen LogP contribution in [0.5, 0.6) is 0 Å². The first-order valence-electron chi connectivity index (χ1n) is 5.97. The number of halogens is 1. The van der Waals surface area contributed by atoms with E-state index in [2.05, 4.69) is 25.9 Å². The number of nitrogens with two attached hydrogens (primary N) is 1. The van der Waals surface area contributed by atoms with Crippen molar-refractivity contribution in [2.24, 2.45) is 15.7 Å². The number of benzene rings is 2. The van der Waals surface area contributed by atoms with Gasteiger partial charge < -0.3 is 5.73 Å². The van der Waals surface area contributed by atoms with Crippen molar-refractivity contribution in [2.75, 3.05) is 6.54 Å². The van der Waals surface area contributed by atoms with Crippen LogP contribution in [0.3, 0.4) is 0 Å². The van der Waals surface area contributed by atoms with E-state index in [0.29, 0.717) is 12.4 Å². The Morgan fingerprint density at radius 3 is 2.63 bits per heavy atom. The first-order valence-corrected chi connectivity index (χ1v) is 6.76. The molecule has 0 saturated carbocycles. The maximum atomic E-state index is 5.86. The molecule has 1 heterocycles. The van der Waals surface area contributed by atoms with E-state index in [1.54, 1.807) is 0 Å². The molecule has 94 valence electrons. The number of hydrogen-bond donors (Lipinski definition) is 1. The van der Waals surface area contributed by atoms with Crippen molar-refractivity contribution in [3.63, 3.8) is 0 Å². The molecule has 1 aliphatic heterocycles. The quantitative estimate of drug-likeness (QED) is 0.863. The lowest BCUT2D eigenvalue weighted by Gasteiger charge is -2.08. The van der Waals surface area contributed by atoms with Gasteiger partial charge in [0.2, 0.25) is 0 Å². The third-order valence-electron chi connectivity index (χ3n) is 2.92. The zero-order valence-electron chi connectivity index (χ0n) is 10.2. The molecule has 2 N–H and O–H groups in total. The van der Waals surface area contributed by atoms with Crippen LogP contribution in [0.4, 0.5) is 5.69 Å². The Bertz CT molecular complexity index is 675. The molecule has 0 radical (unpaired) electrons. The van der Waals surface area contributed by atoms with E-state index in [-0.39, 0.29) is 0 Å². The highest BCUT2D eigenvalue weighted by Gasteiger charge is 2.15. The van der Waals surface area contributed by atoms with Crippen LogP contribution in [-0.4, -0.2) is 18.1 Å². The van der Waals surface area contributed by atoms with Crippen molar-refractivity contribution < 1.29 is 0 Å². The van der Waals surface area contributed by atoms with Crippen LogP contribution in [0.25, 0.3) is 0 Å². The van der Waals surface area contributed by atoms with E-state index in [4.69, 9.17) is 5.73 Å². The van der Waals surface area contributed by atoms with Crippen LogP contribution in [0.2, 0.25) is 0 Å². The van der Waals surface area contributed by atoms with Crippen LogP contribution in [0.1, 0.15) is 11.1 Å². The molecule has 2 aromatic rings. The molecule has 0 unspecified atom stereocenters. The van der Waals surface area contributed by atoms with Crippen LogP contribution < -0.4 is 5.73 Å². The molecule has 0 amide bonds. The van der Waals surface area contributed by atoms with Gasteiger partial charge in [-0.15, -0.1) is 0 Å². The largest absolute Gasteiger partial charge is 0.386 e. The number of aliphatic imine (C=N–C) groups is 2. The van der Waals surface area contributed by atoms with Crippen molar-refractivity contribution >= 4 is 33.2 Å². The van der Waals surface area contributed by atoms with Crippen LogP contribution in [-0.2, 0) is 0 Å². The molecule has 1 aliphatic rings. The van der Waals surface area contributed by atoms with Gasteiger partial charge in [-0.3, -0.25) is 4.99 Å². The van der Waals surface area contributed by atoms with Gasteiger partial charge in [-0.2, -0.15) is 0 Å². The maximum absolute atomic E-state index is 5.86. The average Bonchev–Trinajstić information content (AvgIpc) is 2.58. The molecule has 4 heteroatoms. The third-order valence-corrected chi connectivity index (χ3v) is 3.42. The summed E-state index contributed by atoms with van der Waals surface area (Å²) in [5.74, 6) is 0.537. The van der Waals surface area contributed by atoms with E-state index in [1.807, 2.05) is 48.5 Å². The number of amidine groups is 1. The van der Waals surface area contributed by atoms with Crippen LogP contribution in [0.15, 0.2) is 63.0 Å². The van der Waals surface area contributed by atoms with Gasteiger partial charge in [-0.1, -0.05) is 46.3 Å². The van der Waals surface area contributed by atoms with Crippen LogP contribution >= 0.6 is 15.9 Å². The molecule has 2 aromatic carbocycles. The second kappa shape index (κ2) is 4.97. The fraction of sp³-hybridized carbons (Fsp3) is 0.0667. The number of rotatable bonds is 1. The molecule has 3 nitrogen and oxygen atoms in total. The fourth-order valence-electron chi connectivity index (χ4n) is 2.07. The lowest BCUT2D eigenvalue weighted by molar-refractivity contribution is 1.27. The molecular formula is C15H12BrN3. The summed E-state index contributed by atoms with van der Waals surface area (Å²) in [5.41, 5.74) is 9.73. The minimum atomic E-state index is 0.427. The number of fused-ring (bicyclic) bond motifs is 1. The van der Waals surface area contributed by atoms with Gasteiger partial charge in [0.1, 0.15) is 5.84 Å². The van der Waals surface area contributed by atoms with E-state index in [0.717, 1.165) is 27.0 Å². The van der Waals surface area contributed by atoms with E-state index in [1.165, 1.54) is 0 Å². The molecule has 19 heavy (non-hydrogen) atoms. The van der Waals surface area contributed by atoms with E-state index >= 15 is 0 Å². The minimum absolute atomic E-state index is 0.427. The predicted molar refractivity (Wildman–Crippen MR) is 82.4 cm³/mol. The van der Waals surface area contributed by atoms with E-state index < -0.39 is 0 Å². The van der Waals surface area contributed by atoms with Crippen molar-refractivity contribution in [3.8, 4) is 0 Å². The third kappa shape index (κ3) is 2.44. The molecule has 0 aromatic heterocycles. The molecule has 0 aliphatic carbocycles. The lowest BCUT2D eigenvalue weighted by atomic mass is 10.0. The van der Waals surface area contributed by atoms with E-state index in [9.17, 15) is 0 Å². The molecule has 3 rings (SSSR count). The summed E-state index contributed by atoms with van der Waals surface area (Å²) in [7, 11) is 0. The smallest absolute Gasteiger partial charge is 0.121 e. The Kier molecular flexibility index (Phi) is 3.17. The fourth-order valence-corrected chi connectivity index (χ4v) is 2.43. The Hall–Kier alpha value is -1.94. The summed E-state index contributed by atoms with van der Waals surface area (Å²) in [6.45, 7) is 0.427. The van der Waals surface area contributed by atoms with Crippen LogP contribution in [0, 0.1) is 0 Å². The molecular weight excluding hydrogens is 302 g/mol. The summed E-state index contributed by atoms with van der Waals surface area (Å²) >= 11 is 3.50. The van der Waals surface area contributed by atoms with Crippen molar-refractivity contribution in [1.82, 2.24) is 0 Å².